The summed E-state index contributed by atoms with van der Waals surface area (Å²) in [5.41, 5.74) is 1.96. The van der Waals surface area contributed by atoms with Crippen LogP contribution in [-0.4, -0.2) is 48.2 Å². The van der Waals surface area contributed by atoms with Crippen LogP contribution in [0, 0.1) is 10.1 Å². The van der Waals surface area contributed by atoms with Gasteiger partial charge in [-0.15, -0.1) is 0 Å². The summed E-state index contributed by atoms with van der Waals surface area (Å²) in [5, 5.41) is 14.5. The number of nitrogens with one attached hydrogen (secondary N) is 1. The summed E-state index contributed by atoms with van der Waals surface area (Å²) >= 11 is 0. The van der Waals surface area contributed by atoms with Gasteiger partial charge in [-0.25, -0.2) is 5.43 Å². The number of carbonyl (C=O) groups is 1. The molecule has 0 aliphatic carbocycles. The van der Waals surface area contributed by atoms with Gasteiger partial charge in [0, 0.05) is 30.7 Å². The summed E-state index contributed by atoms with van der Waals surface area (Å²) in [7, 11) is 0. The molecule has 8 nitrogen and oxygen atoms in total. The van der Waals surface area contributed by atoms with Crippen molar-refractivity contribution in [2.75, 3.05) is 19.6 Å². The molecule has 0 atom stereocenters. The third-order valence-electron chi connectivity index (χ3n) is 3.92. The average molecular weight is 370 g/mol. The van der Waals surface area contributed by atoms with Crippen LogP contribution in [0.2, 0.25) is 0 Å². The fourth-order valence-electron chi connectivity index (χ4n) is 2.63. The highest BCUT2D eigenvalue weighted by Crippen LogP contribution is 2.24. The van der Waals surface area contributed by atoms with Gasteiger partial charge in [0.25, 0.3) is 5.69 Å². The Bertz CT molecular complexity index is 664. The van der Waals surface area contributed by atoms with Crippen molar-refractivity contribution in [1.29, 1.82) is 0 Å². The predicted molar refractivity (Wildman–Crippen MR) is 90.4 cm³/mol. The van der Waals surface area contributed by atoms with Crippen molar-refractivity contribution in [2.45, 2.75) is 32.3 Å². The van der Waals surface area contributed by atoms with Gasteiger partial charge < -0.3 is 9.64 Å². The van der Waals surface area contributed by atoms with Gasteiger partial charge >= 0.3 is 6.61 Å². The van der Waals surface area contributed by atoms with Crippen molar-refractivity contribution in [1.82, 2.24) is 10.3 Å². The van der Waals surface area contributed by atoms with Crippen molar-refractivity contribution in [3.8, 4) is 5.75 Å². The summed E-state index contributed by atoms with van der Waals surface area (Å²) in [5.74, 6) is -0.592. The number of hydrogen-bond acceptors (Lipinski definition) is 6. The van der Waals surface area contributed by atoms with E-state index < -0.39 is 11.5 Å². The number of ether oxygens (including phenoxy) is 1. The number of non-ortho nitro benzene ring substituents is 1. The number of nitro benzene ring substituents is 1. The van der Waals surface area contributed by atoms with E-state index in [2.05, 4.69) is 20.2 Å². The van der Waals surface area contributed by atoms with Crippen molar-refractivity contribution in [3.63, 3.8) is 0 Å². The fraction of sp³-hybridized carbons (Fsp3) is 0.500. The van der Waals surface area contributed by atoms with E-state index >= 15 is 0 Å². The van der Waals surface area contributed by atoms with Gasteiger partial charge in [-0.05, 0) is 32.0 Å². The molecule has 1 aromatic rings. The molecule has 10 heteroatoms. The van der Waals surface area contributed by atoms with E-state index in [1.807, 2.05) is 0 Å². The van der Waals surface area contributed by atoms with E-state index in [4.69, 9.17) is 0 Å². The summed E-state index contributed by atoms with van der Waals surface area (Å²) in [6.45, 7) is -0.516. The zero-order chi connectivity index (χ0) is 18.9. The van der Waals surface area contributed by atoms with Crippen LogP contribution in [0.5, 0.6) is 5.75 Å². The molecule has 26 heavy (non-hydrogen) atoms. The van der Waals surface area contributed by atoms with E-state index in [9.17, 15) is 23.7 Å². The molecule has 0 radical (unpaired) electrons. The molecule has 0 bridgehead atoms. The molecule has 0 spiro atoms. The summed E-state index contributed by atoms with van der Waals surface area (Å²) in [6.07, 6.45) is 4.76. The number of nitrogens with zero attached hydrogens (tertiary/aromatic N) is 3. The second-order valence-electron chi connectivity index (χ2n) is 5.80. The van der Waals surface area contributed by atoms with Gasteiger partial charge in [-0.3, -0.25) is 14.9 Å². The molecule has 0 unspecified atom stereocenters. The maximum atomic E-state index is 12.4. The lowest BCUT2D eigenvalue weighted by Gasteiger charge is -2.25. The Balaban J connectivity index is 1.93. The highest BCUT2D eigenvalue weighted by atomic mass is 19.3. The third kappa shape index (κ3) is 6.36. The summed E-state index contributed by atoms with van der Waals surface area (Å²) in [6, 6.07) is 3.15. The molecule has 0 aromatic heterocycles. The maximum absolute atomic E-state index is 12.4. The van der Waals surface area contributed by atoms with Crippen molar-refractivity contribution in [3.05, 3.63) is 33.9 Å². The largest absolute Gasteiger partial charge is 0.434 e. The Labute approximate surface area is 149 Å². The number of hydrazone groups is 1. The monoisotopic (exact) mass is 370 g/mol. The Morgan fingerprint density at radius 3 is 2.77 bits per heavy atom. The van der Waals surface area contributed by atoms with Crippen molar-refractivity contribution >= 4 is 17.8 Å². The minimum Gasteiger partial charge on any atom is -0.434 e. The van der Waals surface area contributed by atoms with E-state index in [-0.39, 0.29) is 29.3 Å². The van der Waals surface area contributed by atoms with Crippen LogP contribution < -0.4 is 10.2 Å². The molecule has 1 saturated heterocycles. The van der Waals surface area contributed by atoms with Gasteiger partial charge in [0.2, 0.25) is 5.91 Å². The van der Waals surface area contributed by atoms with Crippen molar-refractivity contribution in [2.24, 2.45) is 5.10 Å². The van der Waals surface area contributed by atoms with Crippen LogP contribution >= 0.6 is 0 Å². The second kappa shape index (κ2) is 9.76. The minimum absolute atomic E-state index is 0.0316. The first-order valence-electron chi connectivity index (χ1n) is 8.23. The standard InChI is InChI=1S/C16H20F2N4O4/c17-16(18)26-14-5-4-13(22(24)25)10-12(14)11-19-20-15(23)6-9-21-7-2-1-3-8-21/h4-5,10-11,16H,1-3,6-9H2,(H,20,23). The highest BCUT2D eigenvalue weighted by Gasteiger charge is 2.14. The molecular formula is C16H20F2N4O4. The number of likely N-dealkylation sites (tertiary alicyclic amines) is 1. The first kappa shape index (κ1) is 19.7. The first-order valence-corrected chi connectivity index (χ1v) is 8.23. The number of rotatable bonds is 8. The smallest absolute Gasteiger partial charge is 0.387 e. The molecular weight excluding hydrogens is 350 g/mol. The van der Waals surface area contributed by atoms with Gasteiger partial charge in [0.15, 0.2) is 0 Å². The average Bonchev–Trinajstić information content (AvgIpc) is 2.61. The number of carbonyl (C=O) groups excluding carboxylic acids is 1. The Hall–Kier alpha value is -2.62. The van der Waals surface area contributed by atoms with Gasteiger partial charge in [-0.1, -0.05) is 6.42 Å². The predicted octanol–water partition coefficient (Wildman–Crippen LogP) is 2.52. The third-order valence-corrected chi connectivity index (χ3v) is 3.92. The first-order chi connectivity index (χ1) is 12.5. The summed E-state index contributed by atoms with van der Waals surface area (Å²) < 4.78 is 29.1. The molecule has 1 aliphatic heterocycles. The quantitative estimate of drug-likeness (QED) is 0.431. The van der Waals surface area contributed by atoms with Crippen LogP contribution in [0.25, 0.3) is 0 Å². The van der Waals surface area contributed by atoms with Crippen LogP contribution in [0.3, 0.4) is 0 Å². The number of amides is 1. The van der Waals surface area contributed by atoms with Crippen LogP contribution in [-0.2, 0) is 4.79 Å². The Kier molecular flexibility index (Phi) is 7.39. The number of nitro groups is 1. The zero-order valence-electron chi connectivity index (χ0n) is 14.1. The van der Waals surface area contributed by atoms with Crippen molar-refractivity contribution < 1.29 is 23.2 Å². The van der Waals surface area contributed by atoms with Gasteiger partial charge in [0.1, 0.15) is 5.75 Å². The maximum Gasteiger partial charge on any atom is 0.387 e. The topological polar surface area (TPSA) is 97.1 Å². The molecule has 1 aromatic carbocycles. The van der Waals surface area contributed by atoms with Crippen LogP contribution in [0.4, 0.5) is 14.5 Å². The van der Waals surface area contributed by atoms with Crippen LogP contribution in [0.15, 0.2) is 23.3 Å². The lowest BCUT2D eigenvalue weighted by atomic mass is 10.1. The molecule has 0 saturated carbocycles. The molecule has 1 amide bonds. The Morgan fingerprint density at radius 1 is 1.38 bits per heavy atom. The number of piperidine rings is 1. The van der Waals surface area contributed by atoms with E-state index in [1.54, 1.807) is 0 Å². The van der Waals surface area contributed by atoms with E-state index in [0.29, 0.717) is 6.54 Å². The molecule has 142 valence electrons. The molecule has 1 fully saturated rings. The minimum atomic E-state index is -3.08. The van der Waals surface area contributed by atoms with Crippen LogP contribution in [0.1, 0.15) is 31.2 Å². The lowest BCUT2D eigenvalue weighted by Crippen LogP contribution is -2.33. The van der Waals surface area contributed by atoms with Gasteiger partial charge in [-0.2, -0.15) is 13.9 Å². The molecule has 1 N–H and O–H groups in total. The fourth-order valence-corrected chi connectivity index (χ4v) is 2.63. The summed E-state index contributed by atoms with van der Waals surface area (Å²) in [4.78, 5) is 24.1. The van der Waals surface area contributed by atoms with E-state index in [0.717, 1.165) is 50.3 Å². The molecule has 1 heterocycles. The number of alkyl halides is 2. The Morgan fingerprint density at radius 2 is 2.12 bits per heavy atom. The lowest BCUT2D eigenvalue weighted by molar-refractivity contribution is -0.384. The molecule has 2 rings (SSSR count). The number of benzene rings is 1. The normalized spacial score (nSPS) is 15.3. The number of halogens is 2. The number of hydrogen-bond donors (Lipinski definition) is 1. The second-order valence-corrected chi connectivity index (χ2v) is 5.80. The highest BCUT2D eigenvalue weighted by molar-refractivity contribution is 5.86. The van der Waals surface area contributed by atoms with E-state index in [1.165, 1.54) is 6.42 Å². The zero-order valence-corrected chi connectivity index (χ0v) is 14.1. The molecule has 1 aliphatic rings. The SMILES string of the molecule is O=C(CCN1CCCCC1)NN=Cc1cc([N+](=O)[O-])ccc1OC(F)F. The van der Waals surface area contributed by atoms with Gasteiger partial charge in [0.05, 0.1) is 11.1 Å².